The number of alkyl halides is 3. The van der Waals surface area contributed by atoms with Crippen LogP contribution in [0.3, 0.4) is 0 Å². The van der Waals surface area contributed by atoms with Crippen LogP contribution in [0.15, 0.2) is 16.6 Å². The summed E-state index contributed by atoms with van der Waals surface area (Å²) in [5.74, 6) is -0.797. The van der Waals surface area contributed by atoms with Crippen molar-refractivity contribution in [3.63, 3.8) is 0 Å². The maximum absolute atomic E-state index is 13.9. The minimum Gasteiger partial charge on any atom is -0.222 e. The van der Waals surface area contributed by atoms with E-state index in [0.29, 0.717) is 12.5 Å². The van der Waals surface area contributed by atoms with Gasteiger partial charge in [-0.2, -0.15) is 0 Å². The lowest BCUT2D eigenvalue weighted by molar-refractivity contribution is 0.00355. The van der Waals surface area contributed by atoms with E-state index in [9.17, 15) is 30.0 Å². The maximum atomic E-state index is 13.9. The van der Waals surface area contributed by atoms with Crippen LogP contribution >= 0.6 is 27.5 Å². The van der Waals surface area contributed by atoms with Crippen LogP contribution < -0.4 is 3.71 Å². The molecule has 1 unspecified atom stereocenters. The molecule has 0 fully saturated rings. The van der Waals surface area contributed by atoms with Crippen LogP contribution in [0.25, 0.3) is 10.9 Å². The van der Waals surface area contributed by atoms with Crippen molar-refractivity contribution in [1.29, 1.82) is 0 Å². The molecule has 0 spiro atoms. The minimum absolute atomic E-state index is 0.0657. The molecule has 2 aromatic rings. The molecule has 0 aliphatic heterocycles. The smallest absolute Gasteiger partial charge is 0.222 e. The molecule has 0 saturated carbocycles. The van der Waals surface area contributed by atoms with Crippen molar-refractivity contribution in [3.8, 4) is 0 Å². The summed E-state index contributed by atoms with van der Waals surface area (Å²) in [5.41, 5.74) is -0.312. The SMILES string of the molecule is CS(=O)(=O)N(c1nn(C(F)C(F)F)c2c(Br)ccc(Cl)c12)S(C)(=O)=O. The van der Waals surface area contributed by atoms with Crippen LogP contribution in [0.2, 0.25) is 5.02 Å². The number of sulfonamides is 2. The number of hydrogen-bond donors (Lipinski definition) is 0. The van der Waals surface area contributed by atoms with Gasteiger partial charge in [-0.15, -0.1) is 8.81 Å². The Morgan fingerprint density at radius 3 is 2.12 bits per heavy atom. The average molecular weight is 485 g/mol. The predicted octanol–water partition coefficient (Wildman–Crippen LogP) is 2.91. The molecule has 2 rings (SSSR count). The Balaban J connectivity index is 3.02. The lowest BCUT2D eigenvalue weighted by Gasteiger charge is -2.17. The zero-order valence-corrected chi connectivity index (χ0v) is 16.5. The van der Waals surface area contributed by atoms with Crippen molar-refractivity contribution in [2.24, 2.45) is 0 Å². The number of hydrogen-bond acceptors (Lipinski definition) is 5. The summed E-state index contributed by atoms with van der Waals surface area (Å²) in [6.45, 7) is 0. The van der Waals surface area contributed by atoms with Crippen molar-refractivity contribution in [3.05, 3.63) is 21.6 Å². The summed E-state index contributed by atoms with van der Waals surface area (Å²) in [6.07, 6.45) is -5.30. The standard InChI is InChI=1S/C11H10BrClF3N3O4S2/c1-24(20,21)19(25(2,22)23)11-7-6(13)4-3-5(12)8(7)18(17-11)10(16)9(14)15/h3-4,9-10H,1-2H3. The van der Waals surface area contributed by atoms with Crippen LogP contribution in [0.5, 0.6) is 0 Å². The second kappa shape index (κ2) is 6.59. The molecule has 0 N–H and O–H groups in total. The number of nitrogens with zero attached hydrogens (tertiary/aromatic N) is 3. The van der Waals surface area contributed by atoms with Gasteiger partial charge in [-0.05, 0) is 28.1 Å². The molecule has 0 amide bonds. The van der Waals surface area contributed by atoms with E-state index in [0.717, 1.165) is 0 Å². The number of fused-ring (bicyclic) bond motifs is 1. The van der Waals surface area contributed by atoms with Gasteiger partial charge in [-0.25, -0.2) is 34.7 Å². The first-order valence-corrected chi connectivity index (χ1v) is 11.1. The molecular formula is C11H10BrClF3N3O4S2. The van der Waals surface area contributed by atoms with Crippen molar-refractivity contribution in [2.75, 3.05) is 16.2 Å². The fourth-order valence-corrected chi connectivity index (χ4v) is 5.75. The molecule has 1 aromatic carbocycles. The Morgan fingerprint density at radius 1 is 1.16 bits per heavy atom. The maximum Gasteiger partial charge on any atom is 0.289 e. The first kappa shape index (κ1) is 20.3. The molecule has 0 radical (unpaired) electrons. The highest BCUT2D eigenvalue weighted by molar-refractivity contribution is 9.10. The van der Waals surface area contributed by atoms with Gasteiger partial charge in [-0.1, -0.05) is 11.6 Å². The van der Waals surface area contributed by atoms with E-state index < -0.39 is 38.6 Å². The lowest BCUT2D eigenvalue weighted by atomic mass is 10.2. The molecule has 0 aliphatic rings. The van der Waals surface area contributed by atoms with Crippen LogP contribution in [-0.2, 0) is 20.0 Å². The van der Waals surface area contributed by atoms with Gasteiger partial charge in [0.1, 0.15) is 0 Å². The van der Waals surface area contributed by atoms with Gasteiger partial charge in [0.05, 0.1) is 28.4 Å². The van der Waals surface area contributed by atoms with Gasteiger partial charge in [-0.3, -0.25) is 0 Å². The number of aromatic nitrogens is 2. The van der Waals surface area contributed by atoms with Crippen LogP contribution in [0, 0.1) is 0 Å². The Kier molecular flexibility index (Phi) is 5.34. The summed E-state index contributed by atoms with van der Waals surface area (Å²) in [7, 11) is -8.89. The molecule has 1 atom stereocenters. The average Bonchev–Trinajstić information content (AvgIpc) is 2.79. The van der Waals surface area contributed by atoms with E-state index in [1.54, 1.807) is 0 Å². The molecule has 1 heterocycles. The zero-order chi connectivity index (χ0) is 19.3. The summed E-state index contributed by atoms with van der Waals surface area (Å²) in [6, 6.07) is 2.55. The number of anilines is 1. The topological polar surface area (TPSA) is 89.3 Å². The second-order valence-electron chi connectivity index (χ2n) is 4.95. The summed E-state index contributed by atoms with van der Waals surface area (Å²) >= 11 is 8.99. The van der Waals surface area contributed by atoms with Gasteiger partial charge in [0.25, 0.3) is 12.7 Å². The van der Waals surface area contributed by atoms with Crippen LogP contribution in [-0.4, -0.2) is 45.6 Å². The third-order valence-corrected chi connectivity index (χ3v) is 7.08. The van der Waals surface area contributed by atoms with E-state index in [1.165, 1.54) is 12.1 Å². The summed E-state index contributed by atoms with van der Waals surface area (Å²) < 4.78 is 87.5. The third-order valence-electron chi connectivity index (χ3n) is 2.95. The monoisotopic (exact) mass is 483 g/mol. The first-order chi connectivity index (χ1) is 11.3. The molecule has 0 bridgehead atoms. The van der Waals surface area contributed by atoms with E-state index in [4.69, 9.17) is 11.6 Å². The summed E-state index contributed by atoms with van der Waals surface area (Å²) in [4.78, 5) is 0. The van der Waals surface area contributed by atoms with Crippen LogP contribution in [0.1, 0.15) is 6.30 Å². The highest BCUT2D eigenvalue weighted by Crippen LogP contribution is 2.40. The molecule has 14 heteroatoms. The van der Waals surface area contributed by atoms with Crippen molar-refractivity contribution >= 4 is 64.3 Å². The fourth-order valence-electron chi connectivity index (χ4n) is 2.15. The molecule has 1 aromatic heterocycles. The predicted molar refractivity (Wildman–Crippen MR) is 90.8 cm³/mol. The Hall–Kier alpha value is -1.05. The Bertz CT molecular complexity index is 1010. The molecule has 7 nitrogen and oxygen atoms in total. The number of rotatable bonds is 5. The van der Waals surface area contributed by atoms with E-state index in [1.807, 2.05) is 0 Å². The number of benzene rings is 1. The normalized spacial score (nSPS) is 14.2. The molecule has 25 heavy (non-hydrogen) atoms. The Labute approximate surface area is 154 Å². The highest BCUT2D eigenvalue weighted by atomic mass is 79.9. The minimum atomic E-state index is -4.44. The number of halogens is 5. The summed E-state index contributed by atoms with van der Waals surface area (Å²) in [5, 5.41) is 2.97. The van der Waals surface area contributed by atoms with Crippen molar-refractivity contribution in [2.45, 2.75) is 12.7 Å². The van der Waals surface area contributed by atoms with Gasteiger partial charge >= 0.3 is 0 Å². The third kappa shape index (κ3) is 3.73. The van der Waals surface area contributed by atoms with E-state index >= 15 is 0 Å². The van der Waals surface area contributed by atoms with Crippen molar-refractivity contribution in [1.82, 2.24) is 9.78 Å². The van der Waals surface area contributed by atoms with Gasteiger partial charge < -0.3 is 0 Å². The van der Waals surface area contributed by atoms with E-state index in [2.05, 4.69) is 21.0 Å². The second-order valence-corrected chi connectivity index (χ2v) is 10.1. The molecular weight excluding hydrogens is 475 g/mol. The molecule has 0 saturated heterocycles. The van der Waals surface area contributed by atoms with Gasteiger partial charge in [0, 0.05) is 4.47 Å². The van der Waals surface area contributed by atoms with Gasteiger partial charge in [0.15, 0.2) is 5.82 Å². The largest absolute Gasteiger partial charge is 0.289 e. The van der Waals surface area contributed by atoms with Crippen LogP contribution in [0.4, 0.5) is 19.0 Å². The van der Waals surface area contributed by atoms with Crippen molar-refractivity contribution < 1.29 is 30.0 Å². The quantitative estimate of drug-likeness (QED) is 0.651. The Morgan fingerprint density at radius 2 is 1.68 bits per heavy atom. The highest BCUT2D eigenvalue weighted by Gasteiger charge is 2.36. The zero-order valence-electron chi connectivity index (χ0n) is 12.5. The molecule has 140 valence electrons. The fraction of sp³-hybridized carbons (Fsp3) is 0.364. The van der Waals surface area contributed by atoms with E-state index in [-0.39, 0.29) is 28.8 Å². The molecule has 0 aliphatic carbocycles. The first-order valence-electron chi connectivity index (χ1n) is 6.25. The lowest BCUT2D eigenvalue weighted by Crippen LogP contribution is -2.35. The van der Waals surface area contributed by atoms with Gasteiger partial charge in [0.2, 0.25) is 20.0 Å².